The van der Waals surface area contributed by atoms with Crippen LogP contribution >= 0.6 is 0 Å². The van der Waals surface area contributed by atoms with Crippen LogP contribution in [0, 0.1) is 0 Å². The molecule has 0 aliphatic heterocycles. The summed E-state index contributed by atoms with van der Waals surface area (Å²) in [4.78, 5) is 12.2. The van der Waals surface area contributed by atoms with Gasteiger partial charge in [-0.05, 0) is 20.0 Å². The normalized spacial score (nSPS) is 13.1. The molecule has 1 atom stereocenters. The molecule has 1 amide bonds. The van der Waals surface area contributed by atoms with E-state index in [2.05, 4.69) is 4.74 Å². The molecule has 0 aromatic heterocycles. The Morgan fingerprint density at radius 1 is 1.55 bits per heavy atom. The lowest BCUT2D eigenvalue weighted by atomic mass is 10.4. The highest BCUT2D eigenvalue weighted by Gasteiger charge is 2.12. The van der Waals surface area contributed by atoms with E-state index in [1.165, 1.54) is 0 Å². The van der Waals surface area contributed by atoms with E-state index >= 15 is 0 Å². The summed E-state index contributed by atoms with van der Waals surface area (Å²) in [5.74, 6) is 0. The van der Waals surface area contributed by atoms with Gasteiger partial charge in [-0.25, -0.2) is 10.5 Å². The predicted octanol–water partition coefficient (Wildman–Crippen LogP) is 1.09. The molecule has 0 fully saturated rings. The van der Waals surface area contributed by atoms with Gasteiger partial charge in [0.25, 0.3) is 0 Å². The Labute approximate surface area is 67.3 Å². The topological polar surface area (TPSA) is 53.3 Å². The fraction of sp³-hybridized carbons (Fsp3) is 0.857. The first-order valence-electron chi connectivity index (χ1n) is 3.78. The molecule has 4 nitrogen and oxygen atoms in total. The Bertz CT molecular complexity index is 124. The SMILES string of the molecule is CCN(CC)C(C)OC([NH])=O. The molecule has 0 saturated heterocycles. The zero-order valence-corrected chi connectivity index (χ0v) is 7.26. The van der Waals surface area contributed by atoms with Crippen molar-refractivity contribution in [2.75, 3.05) is 13.1 Å². The number of hydrogen-bond donors (Lipinski definition) is 0. The van der Waals surface area contributed by atoms with E-state index in [-0.39, 0.29) is 6.23 Å². The van der Waals surface area contributed by atoms with Gasteiger partial charge in [0.15, 0.2) is 6.23 Å². The number of hydrogen-bond acceptors (Lipinski definition) is 3. The summed E-state index contributed by atoms with van der Waals surface area (Å²) in [5, 5.41) is 0. The molecule has 1 radical (unpaired) electrons. The Kier molecular flexibility index (Phi) is 4.61. The molecule has 0 saturated carbocycles. The highest BCUT2D eigenvalue weighted by molar-refractivity contribution is 5.63. The Morgan fingerprint density at radius 2 is 2.00 bits per heavy atom. The summed E-state index contributed by atoms with van der Waals surface area (Å²) in [6.45, 7) is 7.38. The van der Waals surface area contributed by atoms with Gasteiger partial charge in [-0.15, -0.1) is 0 Å². The predicted molar refractivity (Wildman–Crippen MR) is 42.0 cm³/mol. The molecule has 0 heterocycles. The Balaban J connectivity index is 3.78. The van der Waals surface area contributed by atoms with E-state index in [9.17, 15) is 4.79 Å². The highest BCUT2D eigenvalue weighted by Crippen LogP contribution is 1.99. The van der Waals surface area contributed by atoms with Gasteiger partial charge in [-0.1, -0.05) is 13.8 Å². The van der Waals surface area contributed by atoms with E-state index in [4.69, 9.17) is 5.73 Å². The standard InChI is InChI=1S/C7H15N2O2/c1-4-9(5-2)6(3)11-7(8)10/h6,8H,4-5H2,1-3H3. The number of carbonyl (C=O) groups is 1. The number of amides is 1. The molecule has 65 valence electrons. The van der Waals surface area contributed by atoms with Crippen LogP contribution in [0.15, 0.2) is 0 Å². The van der Waals surface area contributed by atoms with Crippen LogP contribution in [0.5, 0.6) is 0 Å². The maximum Gasteiger partial charge on any atom is 0.427 e. The molecule has 0 aliphatic carbocycles. The number of rotatable bonds is 4. The number of ether oxygens (including phenoxy) is 1. The average molecular weight is 159 g/mol. The van der Waals surface area contributed by atoms with Crippen LogP contribution in [-0.4, -0.2) is 30.3 Å². The molecule has 4 heteroatoms. The van der Waals surface area contributed by atoms with Crippen molar-refractivity contribution in [1.82, 2.24) is 10.6 Å². The van der Waals surface area contributed by atoms with E-state index in [1.807, 2.05) is 18.7 Å². The first-order valence-corrected chi connectivity index (χ1v) is 3.78. The van der Waals surface area contributed by atoms with Crippen molar-refractivity contribution in [2.45, 2.75) is 27.0 Å². The van der Waals surface area contributed by atoms with Gasteiger partial charge in [-0.2, -0.15) is 0 Å². The second-order valence-electron chi connectivity index (χ2n) is 2.23. The monoisotopic (exact) mass is 159 g/mol. The zero-order valence-electron chi connectivity index (χ0n) is 7.26. The molecule has 1 N–H and O–H groups in total. The third kappa shape index (κ3) is 3.83. The van der Waals surface area contributed by atoms with Gasteiger partial charge in [0.1, 0.15) is 0 Å². The molecule has 0 aliphatic rings. The number of nitrogens with zero attached hydrogens (tertiary/aromatic N) is 1. The first kappa shape index (κ1) is 10.2. The summed E-state index contributed by atoms with van der Waals surface area (Å²) >= 11 is 0. The molecular weight excluding hydrogens is 144 g/mol. The minimum Gasteiger partial charge on any atom is -0.429 e. The third-order valence-corrected chi connectivity index (χ3v) is 1.60. The molecular formula is C7H15N2O2. The molecule has 0 spiro atoms. The molecule has 0 aromatic carbocycles. The maximum absolute atomic E-state index is 10.2. The lowest BCUT2D eigenvalue weighted by Gasteiger charge is -2.24. The fourth-order valence-corrected chi connectivity index (χ4v) is 0.967. The van der Waals surface area contributed by atoms with E-state index in [0.29, 0.717) is 0 Å². The van der Waals surface area contributed by atoms with Gasteiger partial charge in [-0.3, -0.25) is 4.90 Å². The van der Waals surface area contributed by atoms with Gasteiger partial charge < -0.3 is 4.74 Å². The van der Waals surface area contributed by atoms with Crippen LogP contribution in [0.25, 0.3) is 0 Å². The Morgan fingerprint density at radius 3 is 2.27 bits per heavy atom. The summed E-state index contributed by atoms with van der Waals surface area (Å²) in [6, 6.07) is 0. The number of nitrogens with one attached hydrogen (secondary N) is 1. The number of carbonyl (C=O) groups excluding carboxylic acids is 1. The van der Waals surface area contributed by atoms with Crippen LogP contribution in [0.2, 0.25) is 0 Å². The van der Waals surface area contributed by atoms with Crippen molar-refractivity contribution in [3.8, 4) is 0 Å². The molecule has 0 bridgehead atoms. The van der Waals surface area contributed by atoms with E-state index in [1.54, 1.807) is 6.92 Å². The maximum atomic E-state index is 10.2. The molecule has 0 rings (SSSR count). The van der Waals surface area contributed by atoms with Crippen LogP contribution in [-0.2, 0) is 4.74 Å². The lowest BCUT2D eigenvalue weighted by Crippen LogP contribution is -2.36. The van der Waals surface area contributed by atoms with Crippen LogP contribution in [0.4, 0.5) is 4.79 Å². The largest absolute Gasteiger partial charge is 0.429 e. The summed E-state index contributed by atoms with van der Waals surface area (Å²) in [5.41, 5.74) is 6.56. The Hall–Kier alpha value is -0.770. The van der Waals surface area contributed by atoms with E-state index < -0.39 is 6.09 Å². The van der Waals surface area contributed by atoms with Gasteiger partial charge in [0.2, 0.25) is 0 Å². The highest BCUT2D eigenvalue weighted by atomic mass is 16.6. The lowest BCUT2D eigenvalue weighted by molar-refractivity contribution is 0.00828. The second kappa shape index (κ2) is 4.96. The summed E-state index contributed by atoms with van der Waals surface area (Å²) in [7, 11) is 0. The second-order valence-corrected chi connectivity index (χ2v) is 2.23. The minimum atomic E-state index is -0.968. The van der Waals surface area contributed by atoms with Gasteiger partial charge >= 0.3 is 6.09 Å². The molecule has 0 aromatic rings. The zero-order chi connectivity index (χ0) is 8.85. The van der Waals surface area contributed by atoms with Crippen molar-refractivity contribution >= 4 is 6.09 Å². The van der Waals surface area contributed by atoms with Crippen LogP contribution in [0.3, 0.4) is 0 Å². The summed E-state index contributed by atoms with van der Waals surface area (Å²) in [6.07, 6.45) is -1.25. The quantitative estimate of drug-likeness (QED) is 0.577. The fourth-order valence-electron chi connectivity index (χ4n) is 0.967. The van der Waals surface area contributed by atoms with E-state index in [0.717, 1.165) is 13.1 Å². The van der Waals surface area contributed by atoms with Gasteiger partial charge in [0, 0.05) is 0 Å². The third-order valence-electron chi connectivity index (χ3n) is 1.60. The van der Waals surface area contributed by atoms with Crippen molar-refractivity contribution in [3.05, 3.63) is 0 Å². The molecule has 11 heavy (non-hydrogen) atoms. The summed E-state index contributed by atoms with van der Waals surface area (Å²) < 4.78 is 4.65. The van der Waals surface area contributed by atoms with Gasteiger partial charge in [0.05, 0.1) is 0 Å². The molecule has 1 unspecified atom stereocenters. The smallest absolute Gasteiger partial charge is 0.427 e. The van der Waals surface area contributed by atoms with Crippen LogP contribution in [0.1, 0.15) is 20.8 Å². The van der Waals surface area contributed by atoms with Crippen LogP contribution < -0.4 is 5.73 Å². The minimum absolute atomic E-state index is 0.282. The van der Waals surface area contributed by atoms with Crippen molar-refractivity contribution in [2.24, 2.45) is 0 Å². The van der Waals surface area contributed by atoms with Crippen molar-refractivity contribution in [3.63, 3.8) is 0 Å². The van der Waals surface area contributed by atoms with Crippen molar-refractivity contribution in [1.29, 1.82) is 0 Å². The van der Waals surface area contributed by atoms with Crippen molar-refractivity contribution < 1.29 is 9.53 Å². The average Bonchev–Trinajstić information content (AvgIpc) is 1.88. The first-order chi connectivity index (χ1) is 5.11.